The molecule has 1 saturated heterocycles. The summed E-state index contributed by atoms with van der Waals surface area (Å²) in [5.74, 6) is 0.205. The van der Waals surface area contributed by atoms with Crippen LogP contribution in [0, 0.1) is 0 Å². The van der Waals surface area contributed by atoms with E-state index in [1.165, 1.54) is 0 Å². The van der Waals surface area contributed by atoms with Crippen LogP contribution < -0.4 is 0 Å². The third-order valence-electron chi connectivity index (χ3n) is 2.31. The quantitative estimate of drug-likeness (QED) is 0.577. The van der Waals surface area contributed by atoms with Crippen LogP contribution in [0.4, 0.5) is 0 Å². The summed E-state index contributed by atoms with van der Waals surface area (Å²) in [5, 5.41) is 0. The maximum Gasteiger partial charge on any atom is 0.149 e. The molecule has 11 heavy (non-hydrogen) atoms. The van der Waals surface area contributed by atoms with Crippen LogP contribution in [0.5, 0.6) is 0 Å². The zero-order valence-electron chi connectivity index (χ0n) is 7.33. The number of rotatable bonds is 2. The van der Waals surface area contributed by atoms with Gasteiger partial charge in [0.15, 0.2) is 0 Å². The van der Waals surface area contributed by atoms with Gasteiger partial charge in [0, 0.05) is 13.7 Å². The molecule has 3 heteroatoms. The maximum absolute atomic E-state index is 11.1. The van der Waals surface area contributed by atoms with Gasteiger partial charge >= 0.3 is 0 Å². The number of hydrogen-bond acceptors (Lipinski definition) is 3. The molecule has 1 aliphatic rings. The van der Waals surface area contributed by atoms with E-state index >= 15 is 0 Å². The minimum Gasteiger partial charge on any atom is -0.379 e. The van der Waals surface area contributed by atoms with Crippen molar-refractivity contribution < 1.29 is 9.53 Å². The van der Waals surface area contributed by atoms with E-state index in [1.807, 2.05) is 7.05 Å². The fourth-order valence-corrected chi connectivity index (χ4v) is 1.73. The first-order valence-electron chi connectivity index (χ1n) is 3.90. The number of ketones is 1. The van der Waals surface area contributed by atoms with Crippen molar-refractivity contribution in [1.29, 1.82) is 0 Å². The number of carbonyl (C=O) groups excluding carboxylic acids is 1. The minimum atomic E-state index is -0.0139. The second kappa shape index (κ2) is 3.32. The third-order valence-corrected chi connectivity index (χ3v) is 2.31. The molecule has 1 heterocycles. The van der Waals surface area contributed by atoms with Crippen LogP contribution in [0.15, 0.2) is 0 Å². The number of carbonyl (C=O) groups is 1. The first-order chi connectivity index (χ1) is 5.16. The lowest BCUT2D eigenvalue weighted by Crippen LogP contribution is -2.39. The Labute approximate surface area is 67.3 Å². The van der Waals surface area contributed by atoms with Gasteiger partial charge in [-0.1, -0.05) is 0 Å². The molecule has 2 atom stereocenters. The predicted octanol–water partition coefficient (Wildman–Crippen LogP) is 0.294. The first-order valence-corrected chi connectivity index (χ1v) is 3.90. The van der Waals surface area contributed by atoms with Crippen LogP contribution in [0.2, 0.25) is 0 Å². The largest absolute Gasteiger partial charge is 0.379 e. The highest BCUT2D eigenvalue weighted by atomic mass is 16.5. The van der Waals surface area contributed by atoms with E-state index in [9.17, 15) is 4.79 Å². The molecule has 0 amide bonds. The summed E-state index contributed by atoms with van der Waals surface area (Å²) in [6.45, 7) is 2.58. The second-order valence-electron chi connectivity index (χ2n) is 3.10. The molecule has 1 rings (SSSR count). The molecular formula is C8H15NO2. The highest BCUT2D eigenvalue weighted by Crippen LogP contribution is 2.18. The zero-order chi connectivity index (χ0) is 8.43. The van der Waals surface area contributed by atoms with Gasteiger partial charge < -0.3 is 4.74 Å². The van der Waals surface area contributed by atoms with Gasteiger partial charge in [-0.25, -0.2) is 0 Å². The van der Waals surface area contributed by atoms with Crippen molar-refractivity contribution in [1.82, 2.24) is 4.90 Å². The fourth-order valence-electron chi connectivity index (χ4n) is 1.73. The zero-order valence-corrected chi connectivity index (χ0v) is 7.33. The van der Waals surface area contributed by atoms with Gasteiger partial charge in [0.05, 0.1) is 12.1 Å². The first kappa shape index (κ1) is 8.68. The topological polar surface area (TPSA) is 29.5 Å². The SMILES string of the molecule is COC1CCN(C)C1C(C)=O. The highest BCUT2D eigenvalue weighted by Gasteiger charge is 2.34. The average Bonchev–Trinajstić information content (AvgIpc) is 2.30. The Morgan fingerprint density at radius 3 is 2.64 bits per heavy atom. The molecular weight excluding hydrogens is 142 g/mol. The second-order valence-corrected chi connectivity index (χ2v) is 3.10. The average molecular weight is 157 g/mol. The Bertz CT molecular complexity index is 158. The van der Waals surface area contributed by atoms with E-state index in [0.717, 1.165) is 13.0 Å². The van der Waals surface area contributed by atoms with Gasteiger partial charge in [-0.15, -0.1) is 0 Å². The van der Waals surface area contributed by atoms with Gasteiger partial charge in [0.25, 0.3) is 0 Å². The number of methoxy groups -OCH3 is 1. The molecule has 0 bridgehead atoms. The summed E-state index contributed by atoms with van der Waals surface area (Å²) >= 11 is 0. The molecule has 64 valence electrons. The standard InChI is InChI=1S/C8H15NO2/c1-6(10)8-7(11-3)4-5-9(8)2/h7-8H,4-5H2,1-3H3. The van der Waals surface area contributed by atoms with Gasteiger partial charge in [-0.2, -0.15) is 0 Å². The number of Topliss-reactive ketones (excluding diaryl/α,β-unsaturated/α-hetero) is 1. The van der Waals surface area contributed by atoms with Crippen molar-refractivity contribution in [2.45, 2.75) is 25.5 Å². The summed E-state index contributed by atoms with van der Waals surface area (Å²) in [4.78, 5) is 13.2. The number of likely N-dealkylation sites (N-methyl/N-ethyl adjacent to an activating group) is 1. The number of ether oxygens (including phenoxy) is 1. The molecule has 0 N–H and O–H groups in total. The monoisotopic (exact) mass is 157 g/mol. The molecule has 0 aliphatic carbocycles. The molecule has 0 saturated carbocycles. The summed E-state index contributed by atoms with van der Waals surface area (Å²) in [6.07, 6.45) is 1.08. The van der Waals surface area contributed by atoms with E-state index in [-0.39, 0.29) is 17.9 Å². The van der Waals surface area contributed by atoms with Crippen LogP contribution in [-0.2, 0) is 9.53 Å². The number of likely N-dealkylation sites (tertiary alicyclic amines) is 1. The van der Waals surface area contributed by atoms with E-state index in [2.05, 4.69) is 4.90 Å². The van der Waals surface area contributed by atoms with Crippen LogP contribution in [0.25, 0.3) is 0 Å². The minimum absolute atomic E-state index is 0.0139. The van der Waals surface area contributed by atoms with Gasteiger partial charge in [0.1, 0.15) is 5.78 Å². The van der Waals surface area contributed by atoms with Gasteiger partial charge in [-0.3, -0.25) is 9.69 Å². The molecule has 0 aromatic rings. The summed E-state index contributed by atoms with van der Waals surface area (Å²) < 4.78 is 5.19. The van der Waals surface area contributed by atoms with Crippen molar-refractivity contribution in [2.75, 3.05) is 20.7 Å². The molecule has 0 spiro atoms. The summed E-state index contributed by atoms with van der Waals surface area (Å²) in [5.41, 5.74) is 0. The molecule has 0 radical (unpaired) electrons. The van der Waals surface area contributed by atoms with E-state index in [4.69, 9.17) is 4.74 Å². The molecule has 3 nitrogen and oxygen atoms in total. The molecule has 0 aromatic carbocycles. The predicted molar refractivity (Wildman–Crippen MR) is 42.5 cm³/mol. The maximum atomic E-state index is 11.1. The van der Waals surface area contributed by atoms with Crippen LogP contribution in [0.1, 0.15) is 13.3 Å². The lowest BCUT2D eigenvalue weighted by molar-refractivity contribution is -0.123. The van der Waals surface area contributed by atoms with Crippen molar-refractivity contribution >= 4 is 5.78 Å². The molecule has 2 unspecified atom stereocenters. The molecule has 1 fully saturated rings. The normalized spacial score (nSPS) is 32.6. The van der Waals surface area contributed by atoms with Crippen LogP contribution in [-0.4, -0.2) is 43.5 Å². The third kappa shape index (κ3) is 1.60. The van der Waals surface area contributed by atoms with Gasteiger partial charge in [0.2, 0.25) is 0 Å². The van der Waals surface area contributed by atoms with E-state index in [1.54, 1.807) is 14.0 Å². The van der Waals surface area contributed by atoms with Crippen molar-refractivity contribution in [3.05, 3.63) is 0 Å². The Morgan fingerprint density at radius 2 is 2.27 bits per heavy atom. The van der Waals surface area contributed by atoms with E-state index in [0.29, 0.717) is 0 Å². The van der Waals surface area contributed by atoms with Gasteiger partial charge in [-0.05, 0) is 20.4 Å². The molecule has 0 aromatic heterocycles. The number of hydrogen-bond donors (Lipinski definition) is 0. The Morgan fingerprint density at radius 1 is 1.64 bits per heavy atom. The summed E-state index contributed by atoms with van der Waals surface area (Å²) in [6, 6.07) is -0.0139. The lowest BCUT2D eigenvalue weighted by Gasteiger charge is -2.20. The Kier molecular flexibility index (Phi) is 2.62. The fraction of sp³-hybridized carbons (Fsp3) is 0.875. The lowest BCUT2D eigenvalue weighted by atomic mass is 10.1. The van der Waals surface area contributed by atoms with Crippen molar-refractivity contribution in [3.63, 3.8) is 0 Å². The summed E-state index contributed by atoms with van der Waals surface area (Å²) in [7, 11) is 3.63. The van der Waals surface area contributed by atoms with Crippen LogP contribution >= 0.6 is 0 Å². The Balaban J connectivity index is 2.63. The number of nitrogens with zero attached hydrogens (tertiary/aromatic N) is 1. The van der Waals surface area contributed by atoms with Crippen molar-refractivity contribution in [3.8, 4) is 0 Å². The molecule has 1 aliphatic heterocycles. The van der Waals surface area contributed by atoms with Crippen molar-refractivity contribution in [2.24, 2.45) is 0 Å². The van der Waals surface area contributed by atoms with Crippen LogP contribution in [0.3, 0.4) is 0 Å². The Hall–Kier alpha value is -0.410. The van der Waals surface area contributed by atoms with E-state index < -0.39 is 0 Å². The smallest absolute Gasteiger partial charge is 0.149 e. The highest BCUT2D eigenvalue weighted by molar-refractivity contribution is 5.82.